The predicted octanol–water partition coefficient (Wildman–Crippen LogP) is 2.54. The number of benzene rings is 1. The van der Waals surface area contributed by atoms with Crippen molar-refractivity contribution in [2.45, 2.75) is 6.92 Å². The number of furan rings is 1. The topological polar surface area (TPSA) is 43.9 Å². The van der Waals surface area contributed by atoms with Crippen LogP contribution in [0.25, 0.3) is 22.4 Å². The molecule has 4 heteroatoms. The Labute approximate surface area is 92.5 Å². The van der Waals surface area contributed by atoms with Crippen LogP contribution in [0.2, 0.25) is 0 Å². The van der Waals surface area contributed by atoms with Gasteiger partial charge in [-0.15, -0.1) is 0 Å². The lowest BCUT2D eigenvalue weighted by Crippen LogP contribution is -1.93. The third-order valence-electron chi connectivity index (χ3n) is 2.61. The van der Waals surface area contributed by atoms with Gasteiger partial charge in [-0.25, -0.2) is 9.67 Å². The van der Waals surface area contributed by atoms with Crippen LogP contribution in [0.3, 0.4) is 0 Å². The molecule has 80 valence electrons. The van der Waals surface area contributed by atoms with Crippen molar-refractivity contribution in [2.75, 3.05) is 0 Å². The van der Waals surface area contributed by atoms with E-state index in [1.165, 1.54) is 0 Å². The van der Waals surface area contributed by atoms with Crippen LogP contribution in [0, 0.1) is 6.92 Å². The van der Waals surface area contributed by atoms with Gasteiger partial charge in [-0.3, -0.25) is 0 Å². The van der Waals surface area contributed by atoms with Gasteiger partial charge in [0.15, 0.2) is 5.82 Å². The average Bonchev–Trinajstić information content (AvgIpc) is 2.81. The molecule has 0 saturated carbocycles. The summed E-state index contributed by atoms with van der Waals surface area (Å²) in [5.41, 5.74) is 1.96. The van der Waals surface area contributed by atoms with Crippen molar-refractivity contribution >= 4 is 11.0 Å². The second kappa shape index (κ2) is 3.20. The molecule has 3 rings (SSSR count). The predicted molar refractivity (Wildman–Crippen MR) is 60.9 cm³/mol. The molecular formula is C12H11N3O. The van der Waals surface area contributed by atoms with Gasteiger partial charge in [-0.1, -0.05) is 0 Å². The van der Waals surface area contributed by atoms with E-state index >= 15 is 0 Å². The minimum absolute atomic E-state index is 0.862. The third kappa shape index (κ3) is 1.31. The highest BCUT2D eigenvalue weighted by Gasteiger charge is 2.07. The highest BCUT2D eigenvalue weighted by Crippen LogP contribution is 2.24. The molecule has 0 aliphatic rings. The Hall–Kier alpha value is -2.10. The van der Waals surface area contributed by atoms with Crippen LogP contribution in [0.5, 0.6) is 0 Å². The first-order valence-electron chi connectivity index (χ1n) is 5.08. The van der Waals surface area contributed by atoms with E-state index in [4.69, 9.17) is 4.42 Å². The number of aryl methyl sites for hydroxylation is 2. The lowest BCUT2D eigenvalue weighted by Gasteiger charge is -1.99. The molecule has 0 fully saturated rings. The molecule has 0 radical (unpaired) electrons. The Bertz CT molecular complexity index is 651. The first-order chi connectivity index (χ1) is 7.74. The van der Waals surface area contributed by atoms with Crippen molar-refractivity contribution in [1.82, 2.24) is 14.8 Å². The molecule has 0 saturated heterocycles. The fourth-order valence-electron chi connectivity index (χ4n) is 1.87. The molecular weight excluding hydrogens is 202 g/mol. The smallest absolute Gasteiger partial charge is 0.157 e. The Balaban J connectivity index is 2.22. The van der Waals surface area contributed by atoms with Crippen molar-refractivity contribution in [3.8, 4) is 11.4 Å². The number of hydrogen-bond donors (Lipinski definition) is 0. The quantitative estimate of drug-likeness (QED) is 0.624. The minimum atomic E-state index is 0.862. The summed E-state index contributed by atoms with van der Waals surface area (Å²) >= 11 is 0. The van der Waals surface area contributed by atoms with Crippen LogP contribution >= 0.6 is 0 Å². The van der Waals surface area contributed by atoms with Crippen molar-refractivity contribution in [1.29, 1.82) is 0 Å². The fraction of sp³-hybridized carbons (Fsp3) is 0.167. The van der Waals surface area contributed by atoms with Crippen LogP contribution in [-0.4, -0.2) is 14.8 Å². The summed E-state index contributed by atoms with van der Waals surface area (Å²) in [5, 5.41) is 5.16. The summed E-state index contributed by atoms with van der Waals surface area (Å²) < 4.78 is 7.29. The molecule has 0 amide bonds. The van der Waals surface area contributed by atoms with Gasteiger partial charge in [-0.05, 0) is 31.2 Å². The zero-order valence-electron chi connectivity index (χ0n) is 9.14. The summed E-state index contributed by atoms with van der Waals surface area (Å²) in [4.78, 5) is 4.22. The first-order valence-corrected chi connectivity index (χ1v) is 5.08. The highest BCUT2D eigenvalue weighted by molar-refractivity contribution is 5.82. The van der Waals surface area contributed by atoms with Crippen LogP contribution < -0.4 is 0 Å². The Kier molecular flexibility index (Phi) is 1.83. The highest BCUT2D eigenvalue weighted by atomic mass is 16.3. The molecule has 0 aliphatic carbocycles. The molecule has 0 spiro atoms. The van der Waals surface area contributed by atoms with E-state index in [2.05, 4.69) is 16.1 Å². The normalized spacial score (nSPS) is 11.1. The number of rotatable bonds is 1. The van der Waals surface area contributed by atoms with Crippen molar-refractivity contribution in [3.05, 3.63) is 36.4 Å². The maximum atomic E-state index is 5.53. The summed E-state index contributed by atoms with van der Waals surface area (Å²) in [6, 6.07) is 8.05. The molecule has 0 bridgehead atoms. The molecule has 16 heavy (non-hydrogen) atoms. The van der Waals surface area contributed by atoms with Gasteiger partial charge < -0.3 is 4.42 Å². The molecule has 0 atom stereocenters. The van der Waals surface area contributed by atoms with Crippen LogP contribution in [-0.2, 0) is 7.05 Å². The van der Waals surface area contributed by atoms with Crippen molar-refractivity contribution < 1.29 is 4.42 Å². The molecule has 0 N–H and O–H groups in total. The summed E-state index contributed by atoms with van der Waals surface area (Å²) in [5.74, 6) is 1.78. The molecule has 4 nitrogen and oxygen atoms in total. The SMILES string of the molecule is Cc1cc2cc(-c3ncnn3C)ccc2o1. The number of fused-ring (bicyclic) bond motifs is 1. The lowest BCUT2D eigenvalue weighted by molar-refractivity contribution is 0.578. The molecule has 2 aromatic heterocycles. The van der Waals surface area contributed by atoms with E-state index in [0.29, 0.717) is 0 Å². The third-order valence-corrected chi connectivity index (χ3v) is 2.61. The van der Waals surface area contributed by atoms with Gasteiger partial charge >= 0.3 is 0 Å². The fourth-order valence-corrected chi connectivity index (χ4v) is 1.87. The van der Waals surface area contributed by atoms with E-state index in [1.54, 1.807) is 11.0 Å². The lowest BCUT2D eigenvalue weighted by atomic mass is 10.1. The molecule has 2 heterocycles. The van der Waals surface area contributed by atoms with Crippen LogP contribution in [0.15, 0.2) is 35.0 Å². The monoisotopic (exact) mass is 213 g/mol. The standard InChI is InChI=1S/C12H11N3O/c1-8-5-10-6-9(3-4-11(10)16-8)12-13-7-14-15(12)2/h3-7H,1-2H3. The van der Waals surface area contributed by atoms with Gasteiger partial charge in [-0.2, -0.15) is 5.10 Å². The van der Waals surface area contributed by atoms with Gasteiger partial charge in [0, 0.05) is 18.0 Å². The van der Waals surface area contributed by atoms with Crippen LogP contribution in [0.4, 0.5) is 0 Å². The van der Waals surface area contributed by atoms with E-state index in [1.807, 2.05) is 32.2 Å². The van der Waals surface area contributed by atoms with E-state index in [9.17, 15) is 0 Å². The molecule has 0 aliphatic heterocycles. The van der Waals surface area contributed by atoms with Crippen molar-refractivity contribution in [3.63, 3.8) is 0 Å². The maximum absolute atomic E-state index is 5.53. The number of hydrogen-bond acceptors (Lipinski definition) is 3. The second-order valence-electron chi connectivity index (χ2n) is 3.82. The van der Waals surface area contributed by atoms with Crippen LogP contribution in [0.1, 0.15) is 5.76 Å². The Morgan fingerprint density at radius 3 is 2.88 bits per heavy atom. The largest absolute Gasteiger partial charge is 0.461 e. The average molecular weight is 213 g/mol. The van der Waals surface area contributed by atoms with Crippen molar-refractivity contribution in [2.24, 2.45) is 7.05 Å². The summed E-state index contributed by atoms with van der Waals surface area (Å²) in [6.45, 7) is 1.95. The van der Waals surface area contributed by atoms with E-state index in [-0.39, 0.29) is 0 Å². The molecule has 1 aromatic carbocycles. The summed E-state index contributed by atoms with van der Waals surface area (Å²) in [6.07, 6.45) is 1.56. The second-order valence-corrected chi connectivity index (χ2v) is 3.82. The number of nitrogens with zero attached hydrogens (tertiary/aromatic N) is 3. The first kappa shape index (κ1) is 9.15. The molecule has 0 unspecified atom stereocenters. The minimum Gasteiger partial charge on any atom is -0.461 e. The zero-order valence-corrected chi connectivity index (χ0v) is 9.14. The van der Waals surface area contributed by atoms with Gasteiger partial charge in [0.05, 0.1) is 0 Å². The zero-order chi connectivity index (χ0) is 11.1. The molecule has 3 aromatic rings. The van der Waals surface area contributed by atoms with Gasteiger partial charge in [0.1, 0.15) is 17.7 Å². The Morgan fingerprint density at radius 2 is 2.12 bits per heavy atom. The Morgan fingerprint density at radius 1 is 1.25 bits per heavy atom. The van der Waals surface area contributed by atoms with E-state index in [0.717, 1.165) is 28.1 Å². The van der Waals surface area contributed by atoms with Gasteiger partial charge in [0.2, 0.25) is 0 Å². The summed E-state index contributed by atoms with van der Waals surface area (Å²) in [7, 11) is 1.88. The van der Waals surface area contributed by atoms with Gasteiger partial charge in [0.25, 0.3) is 0 Å². The van der Waals surface area contributed by atoms with E-state index < -0.39 is 0 Å². The maximum Gasteiger partial charge on any atom is 0.157 e. The number of aromatic nitrogens is 3.